The average molecular weight is 757 g/mol. The number of phenolic OH excluding ortho intramolecular Hbond substituents is 3. The first-order valence-corrected chi connectivity index (χ1v) is 16.4. The number of aliphatic hydroxyl groups is 9. The molecule has 3 aromatic rings. The summed E-state index contributed by atoms with van der Waals surface area (Å²) in [6.07, 6.45) is -26.1. The van der Waals surface area contributed by atoms with Crippen molar-refractivity contribution in [2.45, 2.75) is 99.0 Å². The van der Waals surface area contributed by atoms with Gasteiger partial charge in [-0.05, 0) is 31.2 Å². The van der Waals surface area contributed by atoms with Gasteiger partial charge in [-0.2, -0.15) is 0 Å². The quantitative estimate of drug-likeness (QED) is 0.100. The largest absolute Gasteiger partial charge is 0.508 e. The van der Waals surface area contributed by atoms with Crippen molar-refractivity contribution >= 4 is 11.0 Å². The van der Waals surface area contributed by atoms with Crippen LogP contribution in [0.3, 0.4) is 0 Å². The van der Waals surface area contributed by atoms with Gasteiger partial charge in [0.1, 0.15) is 89.3 Å². The molecular weight excluding hydrogens is 716 g/mol. The van der Waals surface area contributed by atoms with Gasteiger partial charge in [-0.1, -0.05) is 0 Å². The Kier molecular flexibility index (Phi) is 11.5. The molecule has 0 spiro atoms. The first kappa shape index (κ1) is 39.0. The van der Waals surface area contributed by atoms with E-state index in [2.05, 4.69) is 0 Å². The lowest BCUT2D eigenvalue weighted by molar-refractivity contribution is -0.362. The smallest absolute Gasteiger partial charge is 0.239 e. The summed E-state index contributed by atoms with van der Waals surface area (Å²) in [5, 5.41) is 124. The summed E-state index contributed by atoms with van der Waals surface area (Å²) in [4.78, 5) is 14.0. The lowest BCUT2D eigenvalue weighted by Gasteiger charge is -2.46. The van der Waals surface area contributed by atoms with Gasteiger partial charge in [-0.25, -0.2) is 0 Å². The van der Waals surface area contributed by atoms with Gasteiger partial charge in [0.25, 0.3) is 0 Å². The molecule has 12 N–H and O–H groups in total. The number of rotatable bonds is 9. The summed E-state index contributed by atoms with van der Waals surface area (Å²) in [6, 6.07) is 7.05. The van der Waals surface area contributed by atoms with Crippen LogP contribution in [0.1, 0.15) is 6.92 Å². The molecule has 4 heterocycles. The van der Waals surface area contributed by atoms with E-state index < -0.39 is 133 Å². The van der Waals surface area contributed by atoms with Gasteiger partial charge in [-0.3, -0.25) is 4.79 Å². The molecule has 3 fully saturated rings. The van der Waals surface area contributed by atoms with E-state index in [9.17, 15) is 66.1 Å². The molecule has 0 radical (unpaired) electrons. The van der Waals surface area contributed by atoms with E-state index >= 15 is 0 Å². The van der Waals surface area contributed by atoms with E-state index in [1.54, 1.807) is 0 Å². The van der Waals surface area contributed by atoms with Crippen LogP contribution in [0.4, 0.5) is 0 Å². The number of aliphatic hydroxyl groups excluding tert-OH is 9. The third kappa shape index (κ3) is 7.52. The fourth-order valence-electron chi connectivity index (χ4n) is 6.25. The van der Waals surface area contributed by atoms with Crippen molar-refractivity contribution in [2.75, 3.05) is 13.2 Å². The van der Waals surface area contributed by atoms with Gasteiger partial charge in [0, 0.05) is 17.7 Å². The second-order valence-electron chi connectivity index (χ2n) is 12.9. The molecule has 0 unspecified atom stereocenters. The maximum absolute atomic E-state index is 14.0. The Labute approximate surface area is 298 Å². The van der Waals surface area contributed by atoms with Crippen LogP contribution >= 0.6 is 0 Å². The normalized spacial score (nSPS) is 37.8. The van der Waals surface area contributed by atoms with Crippen molar-refractivity contribution in [1.29, 1.82) is 0 Å². The van der Waals surface area contributed by atoms with Crippen LogP contribution in [0.5, 0.6) is 23.0 Å². The van der Waals surface area contributed by atoms with E-state index in [0.717, 1.165) is 12.1 Å². The highest BCUT2D eigenvalue weighted by Gasteiger charge is 2.52. The van der Waals surface area contributed by atoms with Gasteiger partial charge in [0.05, 0.1) is 19.3 Å². The maximum Gasteiger partial charge on any atom is 0.239 e. The Morgan fingerprint density at radius 3 is 1.98 bits per heavy atom. The Morgan fingerprint density at radius 1 is 0.679 bits per heavy atom. The van der Waals surface area contributed by atoms with E-state index in [-0.39, 0.29) is 22.7 Å². The van der Waals surface area contributed by atoms with Crippen LogP contribution in [-0.2, 0) is 23.7 Å². The minimum atomic E-state index is -2.06. The molecular formula is C33H40O20. The molecule has 53 heavy (non-hydrogen) atoms. The van der Waals surface area contributed by atoms with Crippen molar-refractivity contribution in [3.05, 3.63) is 46.6 Å². The predicted molar refractivity (Wildman–Crippen MR) is 171 cm³/mol. The molecule has 3 aliphatic heterocycles. The third-order valence-corrected chi connectivity index (χ3v) is 9.30. The minimum Gasteiger partial charge on any atom is -0.508 e. The fourth-order valence-corrected chi connectivity index (χ4v) is 6.25. The standard InChI is InChI=1S/C33H40O20/c1-10-19(38)23(42)26(45)31(48-10)47-9-17-21(40)25(44)30(53-32-27(46)24(43)20(39)16(8-34)50-32)33(51-17)52-29-22(41)18-14(37)6-13(36)7-15(18)49-28(29)11-2-4-12(35)5-3-11/h2-7,10,16-17,19-21,23-27,30-40,42-46H,8-9H2,1H3/t10-,16-,17+,19+,20-,21+,23+,24+,25-,26-,27+,30+,31-,32+,33-/m1/s1. The Balaban J connectivity index is 1.39. The molecule has 292 valence electrons. The summed E-state index contributed by atoms with van der Waals surface area (Å²) in [6.45, 7) is -0.140. The van der Waals surface area contributed by atoms with Crippen molar-refractivity contribution in [3.63, 3.8) is 0 Å². The third-order valence-electron chi connectivity index (χ3n) is 9.30. The zero-order chi connectivity index (χ0) is 38.5. The summed E-state index contributed by atoms with van der Waals surface area (Å²) in [5.41, 5.74) is -1.23. The highest BCUT2D eigenvalue weighted by atomic mass is 16.8. The van der Waals surface area contributed by atoms with Crippen molar-refractivity contribution in [2.24, 2.45) is 0 Å². The highest BCUT2D eigenvalue weighted by Crippen LogP contribution is 2.38. The molecule has 6 rings (SSSR count). The van der Waals surface area contributed by atoms with Crippen LogP contribution in [0, 0.1) is 0 Å². The summed E-state index contributed by atoms with van der Waals surface area (Å²) in [5.74, 6) is -2.39. The first-order valence-electron chi connectivity index (χ1n) is 16.4. The number of fused-ring (bicyclic) bond motifs is 1. The lowest BCUT2D eigenvalue weighted by atomic mass is 9.97. The van der Waals surface area contributed by atoms with E-state index in [1.165, 1.54) is 31.2 Å². The molecule has 0 amide bonds. The van der Waals surface area contributed by atoms with Crippen LogP contribution in [-0.4, -0.2) is 167 Å². The molecule has 15 atom stereocenters. The summed E-state index contributed by atoms with van der Waals surface area (Å²) < 4.78 is 40.0. The van der Waals surface area contributed by atoms with Gasteiger partial charge in [0.2, 0.25) is 17.5 Å². The van der Waals surface area contributed by atoms with E-state index in [1.807, 2.05) is 0 Å². The van der Waals surface area contributed by atoms with Gasteiger partial charge in [-0.15, -0.1) is 0 Å². The zero-order valence-electron chi connectivity index (χ0n) is 27.7. The molecule has 2 aromatic carbocycles. The topological polar surface area (TPSA) is 328 Å². The molecule has 3 saturated heterocycles. The molecule has 0 saturated carbocycles. The van der Waals surface area contributed by atoms with E-state index in [4.69, 9.17) is 32.8 Å². The molecule has 20 heteroatoms. The number of hydrogen-bond acceptors (Lipinski definition) is 20. The zero-order valence-corrected chi connectivity index (χ0v) is 27.7. The van der Waals surface area contributed by atoms with Crippen molar-refractivity contribution in [3.8, 4) is 34.3 Å². The fraction of sp³-hybridized carbons (Fsp3) is 0.545. The maximum atomic E-state index is 14.0. The van der Waals surface area contributed by atoms with Crippen molar-refractivity contribution < 1.29 is 94.1 Å². The molecule has 0 aliphatic carbocycles. The number of ether oxygens (including phenoxy) is 6. The first-order chi connectivity index (χ1) is 25.1. The number of benzene rings is 2. The van der Waals surface area contributed by atoms with Crippen LogP contribution in [0.2, 0.25) is 0 Å². The van der Waals surface area contributed by atoms with Crippen molar-refractivity contribution in [1.82, 2.24) is 0 Å². The second-order valence-corrected chi connectivity index (χ2v) is 12.9. The predicted octanol–water partition coefficient (Wildman–Crippen LogP) is -3.57. The Hall–Kier alpha value is -3.71. The lowest BCUT2D eigenvalue weighted by Crippen LogP contribution is -2.65. The summed E-state index contributed by atoms with van der Waals surface area (Å²) >= 11 is 0. The van der Waals surface area contributed by atoms with Gasteiger partial charge < -0.3 is 94.1 Å². The molecule has 20 nitrogen and oxygen atoms in total. The van der Waals surface area contributed by atoms with Crippen LogP contribution in [0.25, 0.3) is 22.3 Å². The Morgan fingerprint density at radius 2 is 1.30 bits per heavy atom. The molecule has 1 aromatic heterocycles. The second kappa shape index (κ2) is 15.6. The average Bonchev–Trinajstić information content (AvgIpc) is 3.12. The van der Waals surface area contributed by atoms with E-state index in [0.29, 0.717) is 0 Å². The van der Waals surface area contributed by atoms with Gasteiger partial charge in [0.15, 0.2) is 24.4 Å². The van der Waals surface area contributed by atoms with Gasteiger partial charge >= 0.3 is 0 Å². The minimum absolute atomic E-state index is 0.112. The monoisotopic (exact) mass is 756 g/mol. The number of hydrogen-bond donors (Lipinski definition) is 12. The molecule has 0 bridgehead atoms. The van der Waals surface area contributed by atoms with Crippen LogP contribution in [0.15, 0.2) is 45.6 Å². The summed E-state index contributed by atoms with van der Waals surface area (Å²) in [7, 11) is 0. The SMILES string of the molecule is C[C@H]1O[C@@H](OC[C@@H]2O[C@H](Oc3c(-c4ccc(O)cc4)oc4cc(O)cc(O)c4c3=O)[C@@H](O[C@@H]3O[C@H](CO)[C@@H](O)[C@H](O)[C@@H]3O)[C@H](O)[C@H]2O)[C@H](O)[C@@H](O)[C@H]1O. The Bertz CT molecular complexity index is 1780. The van der Waals surface area contributed by atoms with Crippen LogP contribution < -0.4 is 10.2 Å². The highest BCUT2D eigenvalue weighted by molar-refractivity contribution is 5.88. The number of aromatic hydroxyl groups is 3. The number of phenols is 3. The molecule has 3 aliphatic rings.